The highest BCUT2D eigenvalue weighted by molar-refractivity contribution is 5.97. The maximum atomic E-state index is 11.7. The lowest BCUT2D eigenvalue weighted by Crippen LogP contribution is -2.36. The second-order valence-corrected chi connectivity index (χ2v) is 4.79. The van der Waals surface area contributed by atoms with Gasteiger partial charge in [-0.05, 0) is 30.2 Å². The molecule has 0 aromatic heterocycles. The molecule has 4 N–H and O–H groups in total. The fourth-order valence-corrected chi connectivity index (χ4v) is 2.26. The molecule has 0 saturated heterocycles. The summed E-state index contributed by atoms with van der Waals surface area (Å²) in [7, 11) is 0. The lowest BCUT2D eigenvalue weighted by Gasteiger charge is -2.15. The predicted octanol–water partition coefficient (Wildman–Crippen LogP) is -0.391. The van der Waals surface area contributed by atoms with E-state index in [0.29, 0.717) is 12.2 Å². The van der Waals surface area contributed by atoms with Crippen LogP contribution in [0.5, 0.6) is 0 Å². The molecular formula is C14H18N4O3. The van der Waals surface area contributed by atoms with Crippen LogP contribution in [0.15, 0.2) is 18.2 Å². The molecule has 1 aliphatic rings. The first kappa shape index (κ1) is 15.0. The van der Waals surface area contributed by atoms with Crippen LogP contribution in [-0.2, 0) is 20.8 Å². The monoisotopic (exact) mass is 290 g/mol. The van der Waals surface area contributed by atoms with E-state index in [1.54, 1.807) is 11.0 Å². The van der Waals surface area contributed by atoms with Gasteiger partial charge in [0.2, 0.25) is 17.7 Å². The number of carbonyl (C=O) groups is 3. The Bertz CT molecular complexity index is 586. The molecule has 0 fully saturated rings. The third-order valence-corrected chi connectivity index (χ3v) is 3.27. The molecule has 0 spiro atoms. The quantitative estimate of drug-likeness (QED) is 0.702. The number of nitrogens with zero attached hydrogens (tertiary/aromatic N) is 1. The average molecular weight is 290 g/mol. The maximum Gasteiger partial charge on any atom is 0.243 e. The number of nitrogens with two attached hydrogens (primary N) is 1. The SMILES string of the molecule is CC(=O)N1CCc2cc(NC(=O)CNC(=O)CN)ccc21. The summed E-state index contributed by atoms with van der Waals surface area (Å²) in [5, 5.41) is 5.10. The van der Waals surface area contributed by atoms with Gasteiger partial charge in [0.25, 0.3) is 0 Å². The molecule has 0 unspecified atom stereocenters. The van der Waals surface area contributed by atoms with E-state index in [1.165, 1.54) is 6.92 Å². The Balaban J connectivity index is 1.99. The normalized spacial score (nSPS) is 12.8. The van der Waals surface area contributed by atoms with Gasteiger partial charge in [-0.25, -0.2) is 0 Å². The minimum absolute atomic E-state index is 0.00929. The molecule has 2 rings (SSSR count). The van der Waals surface area contributed by atoms with Gasteiger partial charge in [-0.1, -0.05) is 0 Å². The molecule has 0 atom stereocenters. The van der Waals surface area contributed by atoms with E-state index < -0.39 is 0 Å². The van der Waals surface area contributed by atoms with Crippen LogP contribution in [0.2, 0.25) is 0 Å². The summed E-state index contributed by atoms with van der Waals surface area (Å²) in [5.41, 5.74) is 7.69. The molecule has 0 bridgehead atoms. The van der Waals surface area contributed by atoms with Crippen LogP contribution in [-0.4, -0.2) is 37.4 Å². The number of nitrogens with one attached hydrogen (secondary N) is 2. The number of fused-ring (bicyclic) bond motifs is 1. The van der Waals surface area contributed by atoms with E-state index in [2.05, 4.69) is 10.6 Å². The lowest BCUT2D eigenvalue weighted by atomic mass is 10.1. The van der Waals surface area contributed by atoms with E-state index in [1.807, 2.05) is 12.1 Å². The van der Waals surface area contributed by atoms with Crippen molar-refractivity contribution in [1.82, 2.24) is 5.32 Å². The van der Waals surface area contributed by atoms with E-state index in [9.17, 15) is 14.4 Å². The highest BCUT2D eigenvalue weighted by atomic mass is 16.2. The highest BCUT2D eigenvalue weighted by Gasteiger charge is 2.22. The molecule has 7 heteroatoms. The summed E-state index contributed by atoms with van der Waals surface area (Å²) in [6, 6.07) is 5.40. The third-order valence-electron chi connectivity index (χ3n) is 3.27. The van der Waals surface area contributed by atoms with Crippen molar-refractivity contribution in [1.29, 1.82) is 0 Å². The van der Waals surface area contributed by atoms with Crippen molar-refractivity contribution < 1.29 is 14.4 Å². The van der Waals surface area contributed by atoms with Gasteiger partial charge in [0, 0.05) is 24.8 Å². The molecule has 0 aliphatic carbocycles. The van der Waals surface area contributed by atoms with Crippen LogP contribution >= 0.6 is 0 Å². The zero-order valence-corrected chi connectivity index (χ0v) is 11.8. The van der Waals surface area contributed by atoms with Crippen LogP contribution in [0.4, 0.5) is 11.4 Å². The van der Waals surface area contributed by atoms with E-state index in [4.69, 9.17) is 5.73 Å². The van der Waals surface area contributed by atoms with Crippen molar-refractivity contribution in [2.24, 2.45) is 5.73 Å². The van der Waals surface area contributed by atoms with Gasteiger partial charge in [0.1, 0.15) is 0 Å². The molecule has 7 nitrogen and oxygen atoms in total. The van der Waals surface area contributed by atoms with Crippen molar-refractivity contribution in [2.75, 3.05) is 29.9 Å². The fraction of sp³-hybridized carbons (Fsp3) is 0.357. The topological polar surface area (TPSA) is 105 Å². The van der Waals surface area contributed by atoms with Crippen LogP contribution in [0.1, 0.15) is 12.5 Å². The zero-order chi connectivity index (χ0) is 15.4. The van der Waals surface area contributed by atoms with Gasteiger partial charge in [-0.2, -0.15) is 0 Å². The standard InChI is InChI=1S/C14H18N4O3/c1-9(19)18-5-4-10-6-11(2-3-12(10)18)17-14(21)8-16-13(20)7-15/h2-3,6H,4-5,7-8,15H2,1H3,(H,16,20)(H,17,21). The molecule has 0 saturated carbocycles. The Morgan fingerprint density at radius 2 is 2.05 bits per heavy atom. The summed E-state index contributed by atoms with van der Waals surface area (Å²) < 4.78 is 0. The van der Waals surface area contributed by atoms with Crippen molar-refractivity contribution >= 4 is 29.1 Å². The van der Waals surface area contributed by atoms with Crippen molar-refractivity contribution in [3.63, 3.8) is 0 Å². The molecule has 1 aromatic rings. The zero-order valence-electron chi connectivity index (χ0n) is 11.8. The van der Waals surface area contributed by atoms with Crippen molar-refractivity contribution in [3.8, 4) is 0 Å². The minimum atomic E-state index is -0.379. The average Bonchev–Trinajstić information content (AvgIpc) is 2.88. The van der Waals surface area contributed by atoms with Crippen LogP contribution < -0.4 is 21.3 Å². The summed E-state index contributed by atoms with van der Waals surface area (Å²) in [4.78, 5) is 35.8. The van der Waals surface area contributed by atoms with Gasteiger partial charge in [0.15, 0.2) is 0 Å². The number of rotatable bonds is 4. The molecule has 1 aromatic carbocycles. The first-order chi connectivity index (χ1) is 10.0. The van der Waals surface area contributed by atoms with Gasteiger partial charge in [-0.3, -0.25) is 14.4 Å². The molecule has 1 aliphatic heterocycles. The number of benzene rings is 1. The Hall–Kier alpha value is -2.41. The van der Waals surface area contributed by atoms with E-state index in [-0.39, 0.29) is 30.8 Å². The first-order valence-corrected chi connectivity index (χ1v) is 6.69. The van der Waals surface area contributed by atoms with E-state index in [0.717, 1.165) is 17.7 Å². The molecule has 3 amide bonds. The van der Waals surface area contributed by atoms with Crippen LogP contribution in [0, 0.1) is 0 Å². The van der Waals surface area contributed by atoms with Gasteiger partial charge < -0.3 is 21.3 Å². The maximum absolute atomic E-state index is 11.7. The summed E-state index contributed by atoms with van der Waals surface area (Å²) in [5.74, 6) is -0.690. The van der Waals surface area contributed by atoms with Crippen LogP contribution in [0.25, 0.3) is 0 Å². The third kappa shape index (κ3) is 3.57. The number of carbonyl (C=O) groups excluding carboxylic acids is 3. The summed E-state index contributed by atoms with van der Waals surface area (Å²) in [6.07, 6.45) is 0.766. The van der Waals surface area contributed by atoms with Gasteiger partial charge >= 0.3 is 0 Å². The van der Waals surface area contributed by atoms with Crippen molar-refractivity contribution in [2.45, 2.75) is 13.3 Å². The highest BCUT2D eigenvalue weighted by Crippen LogP contribution is 2.30. The molecule has 1 heterocycles. The predicted molar refractivity (Wildman–Crippen MR) is 78.9 cm³/mol. The molecule has 112 valence electrons. The Labute approximate surface area is 122 Å². The number of hydrogen-bond donors (Lipinski definition) is 3. The molecule has 21 heavy (non-hydrogen) atoms. The van der Waals surface area contributed by atoms with E-state index >= 15 is 0 Å². The Morgan fingerprint density at radius 3 is 2.71 bits per heavy atom. The number of anilines is 2. The van der Waals surface area contributed by atoms with Crippen molar-refractivity contribution in [3.05, 3.63) is 23.8 Å². The fourth-order valence-electron chi connectivity index (χ4n) is 2.26. The molecule has 0 radical (unpaired) electrons. The summed E-state index contributed by atoms with van der Waals surface area (Å²) >= 11 is 0. The molecular weight excluding hydrogens is 272 g/mol. The summed E-state index contributed by atoms with van der Waals surface area (Å²) in [6.45, 7) is 1.93. The second kappa shape index (κ2) is 6.36. The second-order valence-electron chi connectivity index (χ2n) is 4.79. The Kier molecular flexibility index (Phi) is 4.54. The Morgan fingerprint density at radius 1 is 1.29 bits per heavy atom. The number of hydrogen-bond acceptors (Lipinski definition) is 4. The minimum Gasteiger partial charge on any atom is -0.346 e. The van der Waals surface area contributed by atoms with Gasteiger partial charge in [0.05, 0.1) is 13.1 Å². The van der Waals surface area contributed by atoms with Gasteiger partial charge in [-0.15, -0.1) is 0 Å². The number of amides is 3. The first-order valence-electron chi connectivity index (χ1n) is 6.69. The van der Waals surface area contributed by atoms with Crippen LogP contribution in [0.3, 0.4) is 0 Å². The smallest absolute Gasteiger partial charge is 0.243 e. The lowest BCUT2D eigenvalue weighted by molar-refractivity contribution is -0.123. The largest absolute Gasteiger partial charge is 0.346 e.